The molecule has 0 bridgehead atoms. The number of nitrogens with one attached hydrogen (secondary N) is 1. The fraction of sp³-hybridized carbons (Fsp3) is 0.158. The first-order chi connectivity index (χ1) is 13.0. The van der Waals surface area contributed by atoms with Gasteiger partial charge in [0.2, 0.25) is 0 Å². The highest BCUT2D eigenvalue weighted by Gasteiger charge is 2.20. The molecule has 0 radical (unpaired) electrons. The molecule has 1 amide bonds. The summed E-state index contributed by atoms with van der Waals surface area (Å²) in [5, 5.41) is 4.22. The smallest absolute Gasteiger partial charge is 0.350 e. The molecule has 0 aliphatic heterocycles. The number of esters is 1. The van der Waals surface area contributed by atoms with E-state index in [9.17, 15) is 9.59 Å². The minimum absolute atomic E-state index is 0.233. The maximum Gasteiger partial charge on any atom is 0.350 e. The van der Waals surface area contributed by atoms with E-state index in [2.05, 4.69) is 5.32 Å². The Bertz CT molecular complexity index is 1000. The second-order valence-electron chi connectivity index (χ2n) is 5.44. The third kappa shape index (κ3) is 4.53. The van der Waals surface area contributed by atoms with Gasteiger partial charge in [-0.25, -0.2) is 4.79 Å². The van der Waals surface area contributed by atoms with E-state index in [0.29, 0.717) is 33.5 Å². The minimum Gasteiger partial charge on any atom is -0.492 e. The lowest BCUT2D eigenvalue weighted by Gasteiger charge is -2.11. The Kier molecular flexibility index (Phi) is 6.21. The molecule has 8 heteroatoms. The minimum atomic E-state index is -0.662. The number of para-hydroxylation sites is 2. The van der Waals surface area contributed by atoms with Gasteiger partial charge in [-0.1, -0.05) is 41.4 Å². The fourth-order valence-corrected chi connectivity index (χ4v) is 4.08. The molecule has 1 heterocycles. The van der Waals surface area contributed by atoms with E-state index in [0.717, 1.165) is 4.70 Å². The molecular formula is C19H15Cl2NO4S. The number of halogens is 2. The SMILES string of the molecule is CCOc1ccccc1NC(=O)COC(=O)c1sc2cc(Cl)ccc2c1Cl. The Morgan fingerprint density at radius 3 is 2.70 bits per heavy atom. The van der Waals surface area contributed by atoms with Gasteiger partial charge in [0.15, 0.2) is 6.61 Å². The standard InChI is InChI=1S/C19H15Cl2NO4S/c1-2-25-14-6-4-3-5-13(14)22-16(23)10-26-19(24)18-17(21)12-8-7-11(20)9-15(12)27-18/h3-9H,2,10H2,1H3,(H,22,23). The fourth-order valence-electron chi connectivity index (χ4n) is 2.40. The van der Waals surface area contributed by atoms with Crippen LogP contribution < -0.4 is 10.1 Å². The molecule has 2 aromatic carbocycles. The van der Waals surface area contributed by atoms with Crippen LogP contribution in [-0.4, -0.2) is 25.1 Å². The number of carbonyl (C=O) groups is 2. The molecule has 5 nitrogen and oxygen atoms in total. The summed E-state index contributed by atoms with van der Waals surface area (Å²) in [6, 6.07) is 12.2. The molecule has 1 N–H and O–H groups in total. The van der Waals surface area contributed by atoms with Crippen LogP contribution in [0.25, 0.3) is 10.1 Å². The van der Waals surface area contributed by atoms with Gasteiger partial charge < -0.3 is 14.8 Å². The van der Waals surface area contributed by atoms with Gasteiger partial charge in [0, 0.05) is 15.1 Å². The number of ether oxygens (including phenoxy) is 2. The van der Waals surface area contributed by atoms with Crippen molar-refractivity contribution in [3.63, 3.8) is 0 Å². The van der Waals surface area contributed by atoms with Gasteiger partial charge >= 0.3 is 5.97 Å². The van der Waals surface area contributed by atoms with Gasteiger partial charge in [-0.2, -0.15) is 0 Å². The van der Waals surface area contributed by atoms with Crippen LogP contribution in [0, 0.1) is 0 Å². The Morgan fingerprint density at radius 2 is 1.93 bits per heavy atom. The van der Waals surface area contributed by atoms with E-state index in [-0.39, 0.29) is 4.88 Å². The van der Waals surface area contributed by atoms with Crippen molar-refractivity contribution in [2.45, 2.75) is 6.92 Å². The summed E-state index contributed by atoms with van der Waals surface area (Å²) in [4.78, 5) is 24.7. The van der Waals surface area contributed by atoms with E-state index in [1.54, 1.807) is 42.5 Å². The molecule has 0 unspecified atom stereocenters. The van der Waals surface area contributed by atoms with E-state index >= 15 is 0 Å². The zero-order valence-electron chi connectivity index (χ0n) is 14.3. The van der Waals surface area contributed by atoms with Crippen molar-refractivity contribution in [1.29, 1.82) is 0 Å². The third-order valence-electron chi connectivity index (χ3n) is 3.57. The molecule has 0 aliphatic carbocycles. The lowest BCUT2D eigenvalue weighted by atomic mass is 10.2. The molecule has 0 saturated carbocycles. The molecule has 0 fully saturated rings. The summed E-state index contributed by atoms with van der Waals surface area (Å²) < 4.78 is 11.3. The van der Waals surface area contributed by atoms with Crippen LogP contribution in [0.3, 0.4) is 0 Å². The number of rotatable bonds is 6. The van der Waals surface area contributed by atoms with Crippen molar-refractivity contribution < 1.29 is 19.1 Å². The predicted octanol–water partition coefficient (Wildman–Crippen LogP) is 5.40. The van der Waals surface area contributed by atoms with Crippen molar-refractivity contribution in [3.05, 3.63) is 57.4 Å². The van der Waals surface area contributed by atoms with Gasteiger partial charge in [-0.15, -0.1) is 11.3 Å². The maximum atomic E-state index is 12.3. The summed E-state index contributed by atoms with van der Waals surface area (Å²) in [6.07, 6.45) is 0. The number of fused-ring (bicyclic) bond motifs is 1. The average molecular weight is 424 g/mol. The van der Waals surface area contributed by atoms with Crippen LogP contribution in [0.15, 0.2) is 42.5 Å². The first-order valence-corrected chi connectivity index (χ1v) is 9.63. The molecule has 0 atom stereocenters. The van der Waals surface area contributed by atoms with Crippen molar-refractivity contribution >= 4 is 62.2 Å². The second kappa shape index (κ2) is 8.61. The van der Waals surface area contributed by atoms with Gasteiger partial charge in [0.25, 0.3) is 5.91 Å². The average Bonchev–Trinajstić information content (AvgIpc) is 2.97. The maximum absolute atomic E-state index is 12.3. The van der Waals surface area contributed by atoms with Crippen LogP contribution >= 0.6 is 34.5 Å². The summed E-state index contributed by atoms with van der Waals surface area (Å²) in [7, 11) is 0. The van der Waals surface area contributed by atoms with Crippen LogP contribution in [0.1, 0.15) is 16.6 Å². The Labute approximate surface area is 169 Å². The molecular weight excluding hydrogens is 409 g/mol. The summed E-state index contributed by atoms with van der Waals surface area (Å²) in [5.41, 5.74) is 0.509. The molecule has 140 valence electrons. The zero-order chi connectivity index (χ0) is 19.4. The first kappa shape index (κ1) is 19.5. The van der Waals surface area contributed by atoms with Gasteiger partial charge in [0.1, 0.15) is 10.6 Å². The van der Waals surface area contributed by atoms with Gasteiger partial charge in [-0.05, 0) is 31.2 Å². The first-order valence-electron chi connectivity index (χ1n) is 8.06. The number of thiophene rings is 1. The molecule has 3 aromatic rings. The van der Waals surface area contributed by atoms with Crippen molar-refractivity contribution in [1.82, 2.24) is 0 Å². The number of hydrogen-bond donors (Lipinski definition) is 1. The largest absolute Gasteiger partial charge is 0.492 e. The molecule has 27 heavy (non-hydrogen) atoms. The highest BCUT2D eigenvalue weighted by molar-refractivity contribution is 7.21. The monoisotopic (exact) mass is 423 g/mol. The number of benzene rings is 2. The number of hydrogen-bond acceptors (Lipinski definition) is 5. The van der Waals surface area contributed by atoms with Gasteiger partial charge in [0.05, 0.1) is 17.3 Å². The Morgan fingerprint density at radius 1 is 1.15 bits per heavy atom. The quantitative estimate of drug-likeness (QED) is 0.538. The van der Waals surface area contributed by atoms with E-state index < -0.39 is 18.5 Å². The number of amides is 1. The van der Waals surface area contributed by atoms with Crippen LogP contribution in [0.2, 0.25) is 10.0 Å². The topological polar surface area (TPSA) is 64.6 Å². The van der Waals surface area contributed by atoms with E-state index in [1.807, 2.05) is 6.92 Å². The van der Waals surface area contributed by atoms with E-state index in [4.69, 9.17) is 32.7 Å². The summed E-state index contributed by atoms with van der Waals surface area (Å²) in [6.45, 7) is 1.88. The third-order valence-corrected chi connectivity index (χ3v) is 5.44. The van der Waals surface area contributed by atoms with Crippen molar-refractivity contribution in [2.24, 2.45) is 0 Å². The molecule has 1 aromatic heterocycles. The lowest BCUT2D eigenvalue weighted by Crippen LogP contribution is -2.21. The van der Waals surface area contributed by atoms with Crippen LogP contribution in [0.5, 0.6) is 5.75 Å². The Balaban J connectivity index is 1.66. The van der Waals surface area contributed by atoms with Crippen LogP contribution in [-0.2, 0) is 9.53 Å². The van der Waals surface area contributed by atoms with Crippen LogP contribution in [0.4, 0.5) is 5.69 Å². The molecule has 3 rings (SSSR count). The lowest BCUT2D eigenvalue weighted by molar-refractivity contribution is -0.119. The highest BCUT2D eigenvalue weighted by Crippen LogP contribution is 2.37. The zero-order valence-corrected chi connectivity index (χ0v) is 16.6. The number of carbonyl (C=O) groups excluding carboxylic acids is 2. The second-order valence-corrected chi connectivity index (χ2v) is 7.31. The van der Waals surface area contributed by atoms with E-state index in [1.165, 1.54) is 11.3 Å². The Hall–Kier alpha value is -2.28. The number of anilines is 1. The molecule has 0 aliphatic rings. The normalized spacial score (nSPS) is 10.6. The summed E-state index contributed by atoms with van der Waals surface area (Å²) >= 11 is 13.4. The molecule has 0 spiro atoms. The summed E-state index contributed by atoms with van der Waals surface area (Å²) in [5.74, 6) is -0.592. The molecule has 0 saturated heterocycles. The van der Waals surface area contributed by atoms with Gasteiger partial charge in [-0.3, -0.25) is 4.79 Å². The van der Waals surface area contributed by atoms with Crippen molar-refractivity contribution in [2.75, 3.05) is 18.5 Å². The van der Waals surface area contributed by atoms with Crippen molar-refractivity contribution in [3.8, 4) is 5.75 Å². The highest BCUT2D eigenvalue weighted by atomic mass is 35.5. The predicted molar refractivity (Wildman–Crippen MR) is 108 cm³/mol.